The van der Waals surface area contributed by atoms with Gasteiger partial charge in [-0.05, 0) is 19.9 Å². The SMILES string of the molecule is CC(C)NC(=O)CCNc1ncc(Cl)cc1N. The van der Waals surface area contributed by atoms with Gasteiger partial charge in [-0.2, -0.15) is 0 Å². The summed E-state index contributed by atoms with van der Waals surface area (Å²) in [6.45, 7) is 4.32. The van der Waals surface area contributed by atoms with Crippen LogP contribution in [0.2, 0.25) is 5.02 Å². The van der Waals surface area contributed by atoms with E-state index in [-0.39, 0.29) is 11.9 Å². The molecule has 0 aromatic carbocycles. The lowest BCUT2D eigenvalue weighted by molar-refractivity contribution is -0.121. The summed E-state index contributed by atoms with van der Waals surface area (Å²) in [5, 5.41) is 6.28. The van der Waals surface area contributed by atoms with Gasteiger partial charge in [0.15, 0.2) is 0 Å². The number of nitrogen functional groups attached to an aromatic ring is 1. The first kappa shape index (κ1) is 13.6. The first-order valence-electron chi connectivity index (χ1n) is 5.43. The van der Waals surface area contributed by atoms with Gasteiger partial charge in [-0.1, -0.05) is 11.6 Å². The first-order chi connectivity index (χ1) is 7.99. The summed E-state index contributed by atoms with van der Waals surface area (Å²) in [6, 6.07) is 1.77. The van der Waals surface area contributed by atoms with Crippen LogP contribution in [0.1, 0.15) is 20.3 Å². The van der Waals surface area contributed by atoms with Crippen molar-refractivity contribution in [1.29, 1.82) is 0 Å². The van der Waals surface area contributed by atoms with Crippen LogP contribution in [-0.2, 0) is 4.79 Å². The zero-order valence-corrected chi connectivity index (χ0v) is 10.7. The van der Waals surface area contributed by atoms with Crippen LogP contribution in [0, 0.1) is 0 Å². The van der Waals surface area contributed by atoms with Crippen LogP contribution in [0.25, 0.3) is 0 Å². The molecule has 0 saturated carbocycles. The van der Waals surface area contributed by atoms with E-state index in [0.717, 1.165) is 0 Å². The maximum absolute atomic E-state index is 11.4. The molecule has 0 atom stereocenters. The molecule has 17 heavy (non-hydrogen) atoms. The highest BCUT2D eigenvalue weighted by Gasteiger charge is 2.04. The van der Waals surface area contributed by atoms with E-state index in [9.17, 15) is 4.79 Å². The number of nitrogens with two attached hydrogens (primary N) is 1. The largest absolute Gasteiger partial charge is 0.396 e. The normalized spacial score (nSPS) is 10.4. The van der Waals surface area contributed by atoms with Crippen molar-refractivity contribution in [2.75, 3.05) is 17.6 Å². The Morgan fingerprint density at radius 3 is 2.88 bits per heavy atom. The monoisotopic (exact) mass is 256 g/mol. The number of carbonyl (C=O) groups excluding carboxylic acids is 1. The van der Waals surface area contributed by atoms with Crippen LogP contribution in [0.4, 0.5) is 11.5 Å². The molecular formula is C11H17ClN4O. The number of amides is 1. The molecular weight excluding hydrogens is 240 g/mol. The van der Waals surface area contributed by atoms with Gasteiger partial charge in [0.1, 0.15) is 5.82 Å². The number of anilines is 2. The van der Waals surface area contributed by atoms with Gasteiger partial charge in [0.25, 0.3) is 0 Å². The van der Waals surface area contributed by atoms with Crippen LogP contribution in [-0.4, -0.2) is 23.5 Å². The zero-order valence-electron chi connectivity index (χ0n) is 9.96. The van der Waals surface area contributed by atoms with Crippen molar-refractivity contribution in [3.63, 3.8) is 0 Å². The third kappa shape index (κ3) is 4.91. The zero-order chi connectivity index (χ0) is 12.8. The Kier molecular flexibility index (Phi) is 5.03. The Hall–Kier alpha value is -1.49. The van der Waals surface area contributed by atoms with E-state index in [4.69, 9.17) is 17.3 Å². The average Bonchev–Trinajstić information content (AvgIpc) is 2.20. The summed E-state index contributed by atoms with van der Waals surface area (Å²) in [5.41, 5.74) is 6.18. The van der Waals surface area contributed by atoms with Crippen LogP contribution in [0.5, 0.6) is 0 Å². The molecule has 94 valence electrons. The lowest BCUT2D eigenvalue weighted by atomic mass is 10.3. The van der Waals surface area contributed by atoms with Crippen LogP contribution in [0.3, 0.4) is 0 Å². The maximum atomic E-state index is 11.4. The molecule has 0 unspecified atom stereocenters. The molecule has 1 heterocycles. The molecule has 0 aliphatic heterocycles. The molecule has 0 fully saturated rings. The molecule has 0 radical (unpaired) electrons. The summed E-state index contributed by atoms with van der Waals surface area (Å²) in [4.78, 5) is 15.4. The summed E-state index contributed by atoms with van der Waals surface area (Å²) in [7, 11) is 0. The quantitative estimate of drug-likeness (QED) is 0.748. The molecule has 0 spiro atoms. The van der Waals surface area contributed by atoms with Gasteiger partial charge in [-0.25, -0.2) is 4.98 Å². The Bertz CT molecular complexity index is 395. The fourth-order valence-electron chi connectivity index (χ4n) is 1.29. The Morgan fingerprint density at radius 1 is 1.59 bits per heavy atom. The van der Waals surface area contributed by atoms with E-state index < -0.39 is 0 Å². The second-order valence-electron chi connectivity index (χ2n) is 3.99. The van der Waals surface area contributed by atoms with Gasteiger partial charge in [0.2, 0.25) is 5.91 Å². The molecule has 1 amide bonds. The summed E-state index contributed by atoms with van der Waals surface area (Å²) in [5.74, 6) is 0.548. The van der Waals surface area contributed by atoms with Gasteiger partial charge in [0.05, 0.1) is 10.7 Å². The number of hydrogen-bond donors (Lipinski definition) is 3. The van der Waals surface area contributed by atoms with Crippen molar-refractivity contribution >= 4 is 29.0 Å². The Labute approximate surface area is 106 Å². The van der Waals surface area contributed by atoms with Gasteiger partial charge in [-0.3, -0.25) is 4.79 Å². The fourth-order valence-corrected chi connectivity index (χ4v) is 1.46. The van der Waals surface area contributed by atoms with Crippen molar-refractivity contribution in [2.24, 2.45) is 0 Å². The van der Waals surface area contributed by atoms with E-state index in [2.05, 4.69) is 15.6 Å². The molecule has 0 aliphatic rings. The Balaban J connectivity index is 2.38. The highest BCUT2D eigenvalue weighted by atomic mass is 35.5. The number of rotatable bonds is 5. The van der Waals surface area contributed by atoms with Crippen molar-refractivity contribution < 1.29 is 4.79 Å². The van der Waals surface area contributed by atoms with Crippen LogP contribution in [0.15, 0.2) is 12.3 Å². The standard InChI is InChI=1S/C11H17ClN4O/c1-7(2)16-10(17)3-4-14-11-9(13)5-8(12)6-15-11/h5-7H,3-4,13H2,1-2H3,(H,14,15)(H,16,17). The topological polar surface area (TPSA) is 80.0 Å². The number of aromatic nitrogens is 1. The highest BCUT2D eigenvalue weighted by Crippen LogP contribution is 2.18. The molecule has 5 nitrogen and oxygen atoms in total. The molecule has 0 saturated heterocycles. The van der Waals surface area contributed by atoms with Crippen molar-refractivity contribution in [1.82, 2.24) is 10.3 Å². The summed E-state index contributed by atoms with van der Waals surface area (Å²) >= 11 is 5.72. The molecule has 4 N–H and O–H groups in total. The third-order valence-corrected chi connectivity index (χ3v) is 2.18. The third-order valence-electron chi connectivity index (χ3n) is 1.98. The number of halogens is 1. The maximum Gasteiger partial charge on any atom is 0.221 e. The predicted octanol–water partition coefficient (Wildman–Crippen LogP) is 1.64. The minimum absolute atomic E-state index is 0.0000324. The second-order valence-corrected chi connectivity index (χ2v) is 4.43. The van der Waals surface area contributed by atoms with Crippen molar-refractivity contribution in [2.45, 2.75) is 26.3 Å². The van der Waals surface area contributed by atoms with Crippen molar-refractivity contribution in [3.05, 3.63) is 17.3 Å². The predicted molar refractivity (Wildman–Crippen MR) is 70.0 cm³/mol. The van der Waals surface area contributed by atoms with Gasteiger partial charge >= 0.3 is 0 Å². The van der Waals surface area contributed by atoms with E-state index in [0.29, 0.717) is 29.5 Å². The molecule has 1 rings (SSSR count). The summed E-state index contributed by atoms with van der Waals surface area (Å²) in [6.07, 6.45) is 1.89. The van der Waals surface area contributed by atoms with Crippen LogP contribution >= 0.6 is 11.6 Å². The number of pyridine rings is 1. The second kappa shape index (κ2) is 6.30. The molecule has 6 heteroatoms. The van der Waals surface area contributed by atoms with E-state index in [1.165, 1.54) is 6.20 Å². The number of carbonyl (C=O) groups is 1. The van der Waals surface area contributed by atoms with E-state index >= 15 is 0 Å². The minimum Gasteiger partial charge on any atom is -0.396 e. The number of nitrogens with one attached hydrogen (secondary N) is 2. The molecule has 1 aromatic heterocycles. The van der Waals surface area contributed by atoms with Gasteiger partial charge in [-0.15, -0.1) is 0 Å². The molecule has 1 aromatic rings. The molecule has 0 bridgehead atoms. The van der Waals surface area contributed by atoms with E-state index in [1.54, 1.807) is 6.07 Å². The Morgan fingerprint density at radius 2 is 2.29 bits per heavy atom. The lowest BCUT2D eigenvalue weighted by Gasteiger charge is -2.10. The number of hydrogen-bond acceptors (Lipinski definition) is 4. The fraction of sp³-hybridized carbons (Fsp3) is 0.455. The van der Waals surface area contributed by atoms with Crippen LogP contribution < -0.4 is 16.4 Å². The smallest absolute Gasteiger partial charge is 0.221 e. The van der Waals surface area contributed by atoms with E-state index in [1.807, 2.05) is 13.8 Å². The molecule has 0 aliphatic carbocycles. The summed E-state index contributed by atoms with van der Waals surface area (Å²) < 4.78 is 0. The average molecular weight is 257 g/mol. The van der Waals surface area contributed by atoms with Gasteiger partial charge in [0, 0.05) is 25.2 Å². The highest BCUT2D eigenvalue weighted by molar-refractivity contribution is 6.30. The van der Waals surface area contributed by atoms with Crippen molar-refractivity contribution in [3.8, 4) is 0 Å². The minimum atomic E-state index is 0.0000324. The number of nitrogens with zero attached hydrogens (tertiary/aromatic N) is 1. The first-order valence-corrected chi connectivity index (χ1v) is 5.81. The van der Waals surface area contributed by atoms with Gasteiger partial charge < -0.3 is 16.4 Å². The lowest BCUT2D eigenvalue weighted by Crippen LogP contribution is -2.31.